The molecule has 0 saturated heterocycles. The molecule has 2 rings (SSSR count). The standard InChI is InChI=1S/C10H16/c1-8-5-4-6-9(2)7-10(8,9)3/h8H,4-6H2,1-3H3. The minimum atomic E-state index is 0.491. The van der Waals surface area contributed by atoms with Gasteiger partial charge in [-0.25, -0.2) is 0 Å². The Hall–Kier alpha value is 0. The van der Waals surface area contributed by atoms with Crippen LogP contribution in [0, 0.1) is 23.2 Å². The van der Waals surface area contributed by atoms with Crippen LogP contribution in [0.2, 0.25) is 0 Å². The Bertz CT molecular complexity index is 161. The van der Waals surface area contributed by atoms with Crippen LogP contribution in [0.15, 0.2) is 0 Å². The summed E-state index contributed by atoms with van der Waals surface area (Å²) >= 11 is 0. The fourth-order valence-corrected chi connectivity index (χ4v) is 2.58. The van der Waals surface area contributed by atoms with Crippen molar-refractivity contribution in [1.82, 2.24) is 0 Å². The molecule has 10 heavy (non-hydrogen) atoms. The highest BCUT2D eigenvalue weighted by Gasteiger charge is 2.64. The first-order valence-electron chi connectivity index (χ1n) is 4.38. The summed E-state index contributed by atoms with van der Waals surface area (Å²) in [5.41, 5.74) is 0.996. The SMILES string of the molecule is CC1CCCC2(C)[C]C12C. The molecule has 0 heteroatoms. The second-order valence-electron chi connectivity index (χ2n) is 4.45. The lowest BCUT2D eigenvalue weighted by molar-refractivity contribution is 0.196. The molecule has 0 aromatic rings. The Morgan fingerprint density at radius 2 is 2.10 bits per heavy atom. The summed E-state index contributed by atoms with van der Waals surface area (Å²) in [5, 5.41) is 0. The minimum absolute atomic E-state index is 0.491. The Kier molecular flexibility index (Phi) is 1.07. The van der Waals surface area contributed by atoms with Gasteiger partial charge in [-0.2, -0.15) is 0 Å². The molecule has 0 aliphatic heterocycles. The van der Waals surface area contributed by atoms with Gasteiger partial charge in [0.25, 0.3) is 0 Å². The van der Waals surface area contributed by atoms with E-state index in [1.165, 1.54) is 19.3 Å². The van der Waals surface area contributed by atoms with Crippen molar-refractivity contribution in [2.45, 2.75) is 40.0 Å². The molecule has 56 valence electrons. The van der Waals surface area contributed by atoms with Crippen LogP contribution in [0.5, 0.6) is 0 Å². The van der Waals surface area contributed by atoms with E-state index in [4.69, 9.17) is 0 Å². The smallest absolute Gasteiger partial charge is 0.00297 e. The Morgan fingerprint density at radius 1 is 1.40 bits per heavy atom. The summed E-state index contributed by atoms with van der Waals surface area (Å²) in [6.45, 7) is 7.11. The number of rotatable bonds is 0. The first-order valence-corrected chi connectivity index (χ1v) is 4.38. The topological polar surface area (TPSA) is 0 Å². The lowest BCUT2D eigenvalue weighted by Crippen LogP contribution is -2.21. The van der Waals surface area contributed by atoms with Crippen molar-refractivity contribution in [1.29, 1.82) is 0 Å². The Labute approximate surface area is 64.0 Å². The van der Waals surface area contributed by atoms with Crippen molar-refractivity contribution in [2.75, 3.05) is 0 Å². The van der Waals surface area contributed by atoms with Crippen molar-refractivity contribution in [2.24, 2.45) is 16.7 Å². The summed E-state index contributed by atoms with van der Waals surface area (Å²) < 4.78 is 0. The van der Waals surface area contributed by atoms with Gasteiger partial charge in [-0.3, -0.25) is 0 Å². The van der Waals surface area contributed by atoms with Crippen molar-refractivity contribution < 1.29 is 0 Å². The van der Waals surface area contributed by atoms with Gasteiger partial charge in [0.15, 0.2) is 0 Å². The van der Waals surface area contributed by atoms with Gasteiger partial charge in [0, 0.05) is 0 Å². The molecule has 2 radical (unpaired) electrons. The van der Waals surface area contributed by atoms with Crippen molar-refractivity contribution in [3.8, 4) is 0 Å². The van der Waals surface area contributed by atoms with E-state index in [9.17, 15) is 0 Å². The van der Waals surface area contributed by atoms with Gasteiger partial charge in [0.05, 0.1) is 0 Å². The molecular formula is C10H16. The molecular weight excluding hydrogens is 120 g/mol. The van der Waals surface area contributed by atoms with Crippen molar-refractivity contribution >= 4 is 0 Å². The van der Waals surface area contributed by atoms with E-state index in [1.54, 1.807) is 0 Å². The molecule has 2 aliphatic carbocycles. The molecule has 2 saturated carbocycles. The monoisotopic (exact) mass is 136 g/mol. The van der Waals surface area contributed by atoms with Gasteiger partial charge in [-0.05, 0) is 29.6 Å². The minimum Gasteiger partial charge on any atom is -0.0619 e. The second kappa shape index (κ2) is 1.60. The van der Waals surface area contributed by atoms with Crippen LogP contribution in [-0.4, -0.2) is 0 Å². The summed E-state index contributed by atoms with van der Waals surface area (Å²) in [6.07, 6.45) is 7.85. The summed E-state index contributed by atoms with van der Waals surface area (Å²) in [4.78, 5) is 0. The number of hydrogen-bond donors (Lipinski definition) is 0. The lowest BCUT2D eigenvalue weighted by Gasteiger charge is -2.30. The zero-order chi connectivity index (χ0) is 7.41. The molecule has 0 nitrogen and oxygen atoms in total. The van der Waals surface area contributed by atoms with Gasteiger partial charge in [0.2, 0.25) is 0 Å². The predicted octanol–water partition coefficient (Wildman–Crippen LogP) is 2.91. The molecule has 0 heterocycles. The molecule has 2 fully saturated rings. The van der Waals surface area contributed by atoms with Crippen LogP contribution < -0.4 is 0 Å². The summed E-state index contributed by atoms with van der Waals surface area (Å²) in [7, 11) is 0. The summed E-state index contributed by atoms with van der Waals surface area (Å²) in [5.74, 6) is 0.881. The summed E-state index contributed by atoms with van der Waals surface area (Å²) in [6, 6.07) is 0. The lowest BCUT2D eigenvalue weighted by atomic mass is 9.75. The van der Waals surface area contributed by atoms with E-state index in [1.807, 2.05) is 0 Å². The molecule has 0 spiro atoms. The van der Waals surface area contributed by atoms with E-state index >= 15 is 0 Å². The van der Waals surface area contributed by atoms with Crippen LogP contribution in [0.4, 0.5) is 0 Å². The third-order valence-electron chi connectivity index (χ3n) is 3.92. The first-order chi connectivity index (χ1) is 4.58. The van der Waals surface area contributed by atoms with Crippen LogP contribution in [0.1, 0.15) is 40.0 Å². The highest BCUT2D eigenvalue weighted by atomic mass is 14.7. The van der Waals surface area contributed by atoms with Gasteiger partial charge < -0.3 is 0 Å². The Balaban J connectivity index is 2.20. The van der Waals surface area contributed by atoms with Crippen molar-refractivity contribution in [3.05, 3.63) is 6.42 Å². The maximum Gasteiger partial charge on any atom is -0.00297 e. The highest BCUT2D eigenvalue weighted by molar-refractivity contribution is 5.27. The molecule has 3 atom stereocenters. The normalized spacial score (nSPS) is 59.7. The van der Waals surface area contributed by atoms with Gasteiger partial charge in [-0.15, -0.1) is 0 Å². The molecule has 0 aromatic carbocycles. The predicted molar refractivity (Wildman–Crippen MR) is 42.5 cm³/mol. The van der Waals surface area contributed by atoms with Crippen molar-refractivity contribution in [3.63, 3.8) is 0 Å². The van der Waals surface area contributed by atoms with E-state index in [0.717, 1.165) is 5.92 Å². The third kappa shape index (κ3) is 0.580. The van der Waals surface area contributed by atoms with Crippen LogP contribution in [0.3, 0.4) is 0 Å². The van der Waals surface area contributed by atoms with Crippen LogP contribution in [-0.2, 0) is 0 Å². The van der Waals surface area contributed by atoms with Gasteiger partial charge in [-0.1, -0.05) is 33.6 Å². The quantitative estimate of drug-likeness (QED) is 0.480. The molecule has 0 amide bonds. The van der Waals surface area contributed by atoms with E-state index in [0.29, 0.717) is 10.8 Å². The van der Waals surface area contributed by atoms with E-state index in [-0.39, 0.29) is 0 Å². The molecule has 2 aliphatic rings. The Morgan fingerprint density at radius 3 is 2.60 bits per heavy atom. The second-order valence-corrected chi connectivity index (χ2v) is 4.45. The number of hydrogen-bond acceptors (Lipinski definition) is 0. The third-order valence-corrected chi connectivity index (χ3v) is 3.92. The van der Waals surface area contributed by atoms with Crippen LogP contribution >= 0.6 is 0 Å². The average molecular weight is 136 g/mol. The number of fused-ring (bicyclic) bond motifs is 1. The molecule has 3 unspecified atom stereocenters. The molecule has 0 N–H and O–H groups in total. The highest BCUT2D eigenvalue weighted by Crippen LogP contribution is 2.71. The average Bonchev–Trinajstić information content (AvgIpc) is 2.38. The van der Waals surface area contributed by atoms with Crippen LogP contribution in [0.25, 0.3) is 0 Å². The zero-order valence-electron chi connectivity index (χ0n) is 7.20. The maximum absolute atomic E-state index is 3.63. The zero-order valence-corrected chi connectivity index (χ0v) is 7.20. The maximum atomic E-state index is 3.63. The van der Waals surface area contributed by atoms with Gasteiger partial charge in [0.1, 0.15) is 0 Å². The molecule has 0 bridgehead atoms. The first kappa shape index (κ1) is 6.69. The largest absolute Gasteiger partial charge is 0.0619 e. The van der Waals surface area contributed by atoms with Gasteiger partial charge >= 0.3 is 0 Å². The molecule has 0 aromatic heterocycles. The fraction of sp³-hybridized carbons (Fsp3) is 0.900. The fourth-order valence-electron chi connectivity index (χ4n) is 2.58. The van der Waals surface area contributed by atoms with E-state index in [2.05, 4.69) is 27.2 Å². The van der Waals surface area contributed by atoms with E-state index < -0.39 is 0 Å².